The molecule has 0 bridgehead atoms. The number of carbonyl (C=O) groups is 2. The summed E-state index contributed by atoms with van der Waals surface area (Å²) in [6.45, 7) is 5.88. The van der Waals surface area contributed by atoms with Gasteiger partial charge in [-0.05, 0) is 82.4 Å². The first-order valence-corrected chi connectivity index (χ1v) is 18.2. The second-order valence-electron chi connectivity index (χ2n) is 11.6. The van der Waals surface area contributed by atoms with Crippen molar-refractivity contribution in [3.05, 3.63) is 123 Å². The fraction of sp³-hybridized carbons (Fsp3) is 0.278. The Hall–Kier alpha value is -3.67. The lowest BCUT2D eigenvalue weighted by atomic mass is 10.0. The number of nitrogens with zero attached hydrogens (tertiary/aromatic N) is 2. The molecule has 0 saturated carbocycles. The Balaban J connectivity index is 1.81. The van der Waals surface area contributed by atoms with Crippen molar-refractivity contribution < 1.29 is 22.7 Å². The van der Waals surface area contributed by atoms with Crippen LogP contribution in [-0.4, -0.2) is 51.4 Å². The van der Waals surface area contributed by atoms with Gasteiger partial charge in [0.2, 0.25) is 11.8 Å². The highest BCUT2D eigenvalue weighted by molar-refractivity contribution is 9.10. The zero-order chi connectivity index (χ0) is 34.1. The molecule has 0 aliphatic carbocycles. The van der Waals surface area contributed by atoms with Gasteiger partial charge in [0.1, 0.15) is 18.3 Å². The van der Waals surface area contributed by atoms with Crippen LogP contribution in [0.1, 0.15) is 30.5 Å². The monoisotopic (exact) mass is 783 g/mol. The Bertz CT molecular complexity index is 1780. The zero-order valence-corrected chi connectivity index (χ0v) is 30.8. The SMILES string of the molecule is COc1ccc(S(=O)(=O)N(CC(=O)N(Cc2cccc(Br)c2)C(Cc2ccccc2)C(=O)NCC(C)C)c2ccc(C)cc2)cc1Br. The summed E-state index contributed by atoms with van der Waals surface area (Å²) in [5.74, 6) is -0.174. The molecule has 47 heavy (non-hydrogen) atoms. The number of hydrogen-bond acceptors (Lipinski definition) is 5. The molecular weight excluding hydrogens is 746 g/mol. The molecule has 1 unspecified atom stereocenters. The molecule has 0 aromatic heterocycles. The largest absolute Gasteiger partial charge is 0.496 e. The van der Waals surface area contributed by atoms with Crippen LogP contribution in [0.3, 0.4) is 0 Å². The summed E-state index contributed by atoms with van der Waals surface area (Å²) in [7, 11) is -2.76. The number of ether oxygens (including phenoxy) is 1. The first-order chi connectivity index (χ1) is 22.4. The predicted octanol–water partition coefficient (Wildman–Crippen LogP) is 7.14. The number of rotatable bonds is 14. The Morgan fingerprint density at radius 1 is 0.872 bits per heavy atom. The van der Waals surface area contributed by atoms with Gasteiger partial charge in [-0.15, -0.1) is 0 Å². The third kappa shape index (κ3) is 9.68. The molecule has 0 fully saturated rings. The highest BCUT2D eigenvalue weighted by Gasteiger charge is 2.35. The van der Waals surface area contributed by atoms with Gasteiger partial charge in [0.25, 0.3) is 10.0 Å². The summed E-state index contributed by atoms with van der Waals surface area (Å²) in [6, 6.07) is 27.5. The minimum absolute atomic E-state index is 0.0207. The first kappa shape index (κ1) is 36.2. The summed E-state index contributed by atoms with van der Waals surface area (Å²) in [5, 5.41) is 3.01. The standard InChI is InChI=1S/C36H39Br2N3O5S/c1-25(2)22-39-36(43)33(20-27-9-6-5-7-10-27)40(23-28-11-8-12-29(37)19-28)35(42)24-41(30-15-13-26(3)14-16-30)47(44,45)31-17-18-34(46-4)32(38)21-31/h5-19,21,25,33H,20,22-24H2,1-4H3,(H,39,43). The second-order valence-corrected chi connectivity index (χ2v) is 15.3. The lowest BCUT2D eigenvalue weighted by molar-refractivity contribution is -0.140. The highest BCUT2D eigenvalue weighted by Crippen LogP contribution is 2.31. The third-order valence-electron chi connectivity index (χ3n) is 7.51. The average molecular weight is 786 g/mol. The molecule has 4 rings (SSSR count). The van der Waals surface area contributed by atoms with Crippen molar-refractivity contribution in [2.24, 2.45) is 5.92 Å². The fourth-order valence-electron chi connectivity index (χ4n) is 4.98. The lowest BCUT2D eigenvalue weighted by Crippen LogP contribution is -2.53. The number of methoxy groups -OCH3 is 1. The number of benzene rings is 4. The van der Waals surface area contributed by atoms with Gasteiger partial charge >= 0.3 is 0 Å². The number of nitrogens with one attached hydrogen (secondary N) is 1. The topological polar surface area (TPSA) is 96.0 Å². The van der Waals surface area contributed by atoms with Gasteiger partial charge in [-0.2, -0.15) is 0 Å². The van der Waals surface area contributed by atoms with Crippen LogP contribution in [0.2, 0.25) is 0 Å². The first-order valence-electron chi connectivity index (χ1n) is 15.2. The Labute approximate surface area is 294 Å². The maximum absolute atomic E-state index is 14.6. The van der Waals surface area contributed by atoms with E-state index in [1.54, 1.807) is 30.3 Å². The molecule has 1 N–H and O–H groups in total. The van der Waals surface area contributed by atoms with E-state index in [0.717, 1.165) is 25.5 Å². The number of anilines is 1. The Morgan fingerprint density at radius 3 is 2.17 bits per heavy atom. The smallest absolute Gasteiger partial charge is 0.264 e. The maximum Gasteiger partial charge on any atom is 0.264 e. The van der Waals surface area contributed by atoms with Crippen LogP contribution in [0.15, 0.2) is 111 Å². The number of halogens is 2. The molecule has 0 saturated heterocycles. The molecule has 2 amide bonds. The molecule has 0 aliphatic rings. The van der Waals surface area contributed by atoms with Crippen LogP contribution in [0, 0.1) is 12.8 Å². The predicted molar refractivity (Wildman–Crippen MR) is 193 cm³/mol. The molecular formula is C36H39Br2N3O5S. The maximum atomic E-state index is 14.6. The zero-order valence-electron chi connectivity index (χ0n) is 26.8. The van der Waals surface area contributed by atoms with Crippen molar-refractivity contribution in [2.75, 3.05) is 24.5 Å². The Kier molecular flexibility index (Phi) is 12.6. The quantitative estimate of drug-likeness (QED) is 0.147. The molecule has 4 aromatic rings. The van der Waals surface area contributed by atoms with Crippen LogP contribution < -0.4 is 14.4 Å². The van der Waals surface area contributed by atoms with Crippen molar-refractivity contribution in [2.45, 2.75) is 44.7 Å². The van der Waals surface area contributed by atoms with Crippen LogP contribution in [0.25, 0.3) is 0 Å². The number of carbonyl (C=O) groups excluding carboxylic acids is 2. The molecule has 11 heteroatoms. The van der Waals surface area contributed by atoms with Crippen molar-refractivity contribution in [3.63, 3.8) is 0 Å². The molecule has 1 atom stereocenters. The van der Waals surface area contributed by atoms with Gasteiger partial charge in [-0.25, -0.2) is 8.42 Å². The van der Waals surface area contributed by atoms with Crippen molar-refractivity contribution in [1.82, 2.24) is 10.2 Å². The average Bonchev–Trinajstić information content (AvgIpc) is 3.05. The summed E-state index contributed by atoms with van der Waals surface area (Å²) in [4.78, 5) is 30.0. The number of aryl methyl sites for hydroxylation is 1. The van der Waals surface area contributed by atoms with E-state index >= 15 is 0 Å². The number of hydrogen-bond donors (Lipinski definition) is 1. The van der Waals surface area contributed by atoms with E-state index < -0.39 is 28.5 Å². The number of amides is 2. The fourth-order valence-corrected chi connectivity index (χ4v) is 7.56. The van der Waals surface area contributed by atoms with Gasteiger partial charge in [-0.3, -0.25) is 13.9 Å². The van der Waals surface area contributed by atoms with E-state index in [1.807, 2.05) is 75.4 Å². The minimum atomic E-state index is -4.26. The summed E-state index contributed by atoms with van der Waals surface area (Å²) in [5.41, 5.74) is 2.91. The summed E-state index contributed by atoms with van der Waals surface area (Å²) in [6.07, 6.45) is 0.243. The third-order valence-corrected chi connectivity index (χ3v) is 10.4. The van der Waals surface area contributed by atoms with Crippen molar-refractivity contribution in [1.29, 1.82) is 0 Å². The lowest BCUT2D eigenvalue weighted by Gasteiger charge is -2.34. The highest BCUT2D eigenvalue weighted by atomic mass is 79.9. The van der Waals surface area contributed by atoms with Gasteiger partial charge in [0, 0.05) is 24.0 Å². The number of sulfonamides is 1. The van der Waals surface area contributed by atoms with Crippen LogP contribution >= 0.6 is 31.9 Å². The van der Waals surface area contributed by atoms with Gasteiger partial charge in [0.05, 0.1) is 22.2 Å². The van der Waals surface area contributed by atoms with Crippen LogP contribution in [-0.2, 0) is 32.6 Å². The Morgan fingerprint density at radius 2 is 1.55 bits per heavy atom. The molecule has 0 spiro atoms. The summed E-state index contributed by atoms with van der Waals surface area (Å²) < 4.78 is 36.3. The van der Waals surface area contributed by atoms with Crippen LogP contribution in [0.5, 0.6) is 5.75 Å². The van der Waals surface area contributed by atoms with E-state index in [9.17, 15) is 18.0 Å². The second kappa shape index (κ2) is 16.4. The molecule has 248 valence electrons. The summed E-state index contributed by atoms with van der Waals surface area (Å²) >= 11 is 6.90. The van der Waals surface area contributed by atoms with E-state index in [4.69, 9.17) is 4.74 Å². The van der Waals surface area contributed by atoms with Crippen molar-refractivity contribution >= 4 is 59.4 Å². The van der Waals surface area contributed by atoms with Crippen molar-refractivity contribution in [3.8, 4) is 5.75 Å². The van der Waals surface area contributed by atoms with E-state index in [0.29, 0.717) is 22.5 Å². The minimum Gasteiger partial charge on any atom is -0.496 e. The van der Waals surface area contributed by atoms with Gasteiger partial charge < -0.3 is 15.0 Å². The molecule has 0 heterocycles. The van der Waals surface area contributed by atoms with E-state index in [2.05, 4.69) is 37.2 Å². The van der Waals surface area contributed by atoms with Crippen LogP contribution in [0.4, 0.5) is 5.69 Å². The van der Waals surface area contributed by atoms with E-state index in [-0.39, 0.29) is 29.7 Å². The van der Waals surface area contributed by atoms with Gasteiger partial charge in [-0.1, -0.05) is 89.9 Å². The molecule has 4 aromatic carbocycles. The molecule has 8 nitrogen and oxygen atoms in total. The van der Waals surface area contributed by atoms with Gasteiger partial charge in [0.15, 0.2) is 0 Å². The molecule has 0 radical (unpaired) electrons. The molecule has 0 aliphatic heterocycles. The normalized spacial score (nSPS) is 12.0. The van der Waals surface area contributed by atoms with E-state index in [1.165, 1.54) is 24.1 Å².